The van der Waals surface area contributed by atoms with E-state index in [1.807, 2.05) is 22.6 Å². The molecule has 0 aliphatic heterocycles. The minimum absolute atomic E-state index is 0.0536. The molecular formula is C10H9F2IO. The lowest BCUT2D eigenvalue weighted by molar-refractivity contribution is 0.101. The van der Waals surface area contributed by atoms with Gasteiger partial charge in [0.1, 0.15) is 0 Å². The SMILES string of the molecule is CC(=O)c1cc(I)c(C)c(C(F)F)c1. The summed E-state index contributed by atoms with van der Waals surface area (Å²) in [7, 11) is 0. The Morgan fingerprint density at radius 2 is 2.00 bits per heavy atom. The summed E-state index contributed by atoms with van der Waals surface area (Å²) in [5, 5.41) is 0. The van der Waals surface area contributed by atoms with E-state index in [1.165, 1.54) is 13.0 Å². The number of hydrogen-bond donors (Lipinski definition) is 0. The van der Waals surface area contributed by atoms with Gasteiger partial charge in [0.05, 0.1) is 0 Å². The number of Topliss-reactive ketones (excluding diaryl/α,β-unsaturated/α-hetero) is 1. The molecule has 4 heteroatoms. The predicted molar refractivity (Wildman–Crippen MR) is 58.9 cm³/mol. The van der Waals surface area contributed by atoms with Crippen molar-refractivity contribution in [2.24, 2.45) is 0 Å². The molecule has 0 spiro atoms. The molecule has 0 unspecified atom stereocenters. The monoisotopic (exact) mass is 310 g/mol. The minimum atomic E-state index is -2.53. The Morgan fingerprint density at radius 3 is 2.43 bits per heavy atom. The second kappa shape index (κ2) is 4.33. The summed E-state index contributed by atoms with van der Waals surface area (Å²) in [6.07, 6.45) is -2.53. The maximum absolute atomic E-state index is 12.5. The van der Waals surface area contributed by atoms with Crippen LogP contribution in [0.5, 0.6) is 0 Å². The van der Waals surface area contributed by atoms with E-state index < -0.39 is 6.43 Å². The van der Waals surface area contributed by atoms with Crippen molar-refractivity contribution in [3.05, 3.63) is 32.4 Å². The molecule has 0 heterocycles. The standard InChI is InChI=1S/C10H9F2IO/c1-5-8(10(11)12)3-7(6(2)14)4-9(5)13/h3-4,10H,1-2H3. The van der Waals surface area contributed by atoms with Crippen LogP contribution in [0.1, 0.15) is 34.8 Å². The highest BCUT2D eigenvalue weighted by Gasteiger charge is 2.15. The van der Waals surface area contributed by atoms with Gasteiger partial charge in [-0.2, -0.15) is 0 Å². The van der Waals surface area contributed by atoms with Gasteiger partial charge in [0.25, 0.3) is 6.43 Å². The fourth-order valence-electron chi connectivity index (χ4n) is 1.13. The van der Waals surface area contributed by atoms with Gasteiger partial charge in [-0.15, -0.1) is 0 Å². The lowest BCUT2D eigenvalue weighted by Crippen LogP contribution is -1.99. The number of carbonyl (C=O) groups excluding carboxylic acids is 1. The van der Waals surface area contributed by atoms with Crippen molar-refractivity contribution in [3.63, 3.8) is 0 Å². The molecule has 0 aliphatic carbocycles. The third-order valence-electron chi connectivity index (χ3n) is 2.03. The zero-order chi connectivity index (χ0) is 10.9. The molecule has 0 saturated heterocycles. The van der Waals surface area contributed by atoms with Gasteiger partial charge < -0.3 is 0 Å². The second-order valence-corrected chi connectivity index (χ2v) is 4.19. The molecule has 0 aliphatic rings. The van der Waals surface area contributed by atoms with Crippen molar-refractivity contribution in [1.82, 2.24) is 0 Å². The Kier molecular flexibility index (Phi) is 3.58. The van der Waals surface area contributed by atoms with E-state index in [-0.39, 0.29) is 11.3 Å². The predicted octanol–water partition coefficient (Wildman–Crippen LogP) is 3.74. The molecule has 1 rings (SSSR count). The summed E-state index contributed by atoms with van der Waals surface area (Å²) in [6, 6.07) is 2.90. The Morgan fingerprint density at radius 1 is 1.43 bits per heavy atom. The van der Waals surface area contributed by atoms with E-state index in [0.717, 1.165) is 0 Å². The highest BCUT2D eigenvalue weighted by atomic mass is 127. The van der Waals surface area contributed by atoms with Crippen molar-refractivity contribution in [3.8, 4) is 0 Å². The third kappa shape index (κ3) is 2.29. The van der Waals surface area contributed by atoms with Gasteiger partial charge in [-0.1, -0.05) is 0 Å². The van der Waals surface area contributed by atoms with Gasteiger partial charge in [0.2, 0.25) is 0 Å². The number of carbonyl (C=O) groups is 1. The molecule has 0 bridgehead atoms. The third-order valence-corrected chi connectivity index (χ3v) is 3.15. The molecule has 0 amide bonds. The molecule has 0 radical (unpaired) electrons. The summed E-state index contributed by atoms with van der Waals surface area (Å²) in [6.45, 7) is 3.00. The first-order chi connectivity index (χ1) is 6.43. The van der Waals surface area contributed by atoms with Crippen LogP contribution in [0, 0.1) is 10.5 Å². The van der Waals surface area contributed by atoms with Crippen LogP contribution in [0.2, 0.25) is 0 Å². The molecule has 14 heavy (non-hydrogen) atoms. The lowest BCUT2D eigenvalue weighted by Gasteiger charge is -2.08. The molecule has 1 aromatic carbocycles. The summed E-state index contributed by atoms with van der Waals surface area (Å²) in [5.74, 6) is -0.190. The Balaban J connectivity index is 3.35. The molecule has 76 valence electrons. The summed E-state index contributed by atoms with van der Waals surface area (Å²) >= 11 is 1.96. The van der Waals surface area contributed by atoms with Crippen molar-refractivity contribution in [2.75, 3.05) is 0 Å². The molecule has 0 fully saturated rings. The first kappa shape index (κ1) is 11.6. The van der Waals surface area contributed by atoms with E-state index in [2.05, 4.69) is 0 Å². The zero-order valence-corrected chi connectivity index (χ0v) is 9.93. The van der Waals surface area contributed by atoms with Crippen molar-refractivity contribution >= 4 is 28.4 Å². The van der Waals surface area contributed by atoms with Crippen LogP contribution >= 0.6 is 22.6 Å². The van der Waals surface area contributed by atoms with Gasteiger partial charge in [-0.05, 0) is 54.1 Å². The van der Waals surface area contributed by atoms with E-state index >= 15 is 0 Å². The van der Waals surface area contributed by atoms with Crippen LogP contribution in [0.15, 0.2) is 12.1 Å². The van der Waals surface area contributed by atoms with Crippen LogP contribution in [0.3, 0.4) is 0 Å². The summed E-state index contributed by atoms with van der Waals surface area (Å²) < 4.78 is 25.8. The second-order valence-electron chi connectivity index (χ2n) is 3.03. The molecular weight excluding hydrogens is 301 g/mol. The highest BCUT2D eigenvalue weighted by Crippen LogP contribution is 2.27. The number of rotatable bonds is 2. The smallest absolute Gasteiger partial charge is 0.264 e. The molecule has 0 aromatic heterocycles. The minimum Gasteiger partial charge on any atom is -0.295 e. The molecule has 1 aromatic rings. The Labute approximate surface area is 94.6 Å². The number of ketones is 1. The number of hydrogen-bond acceptors (Lipinski definition) is 1. The average Bonchev–Trinajstić information content (AvgIpc) is 2.08. The van der Waals surface area contributed by atoms with Crippen molar-refractivity contribution < 1.29 is 13.6 Å². The highest BCUT2D eigenvalue weighted by molar-refractivity contribution is 14.1. The fraction of sp³-hybridized carbons (Fsp3) is 0.300. The van der Waals surface area contributed by atoms with E-state index in [4.69, 9.17) is 0 Å². The Hall–Kier alpha value is -0.520. The van der Waals surface area contributed by atoms with E-state index in [0.29, 0.717) is 14.7 Å². The van der Waals surface area contributed by atoms with Crippen molar-refractivity contribution in [1.29, 1.82) is 0 Å². The number of alkyl halides is 2. The zero-order valence-electron chi connectivity index (χ0n) is 7.77. The maximum Gasteiger partial charge on any atom is 0.264 e. The first-order valence-corrected chi connectivity index (χ1v) is 5.10. The molecule has 0 saturated carbocycles. The largest absolute Gasteiger partial charge is 0.295 e. The number of halogens is 3. The maximum atomic E-state index is 12.5. The van der Waals surface area contributed by atoms with Gasteiger partial charge in [-0.3, -0.25) is 4.79 Å². The number of benzene rings is 1. The normalized spacial score (nSPS) is 10.7. The summed E-state index contributed by atoms with van der Waals surface area (Å²) in [5.41, 5.74) is 0.836. The van der Waals surface area contributed by atoms with Crippen LogP contribution in [0.4, 0.5) is 8.78 Å². The molecule has 1 nitrogen and oxygen atoms in total. The Bertz CT molecular complexity index is 375. The van der Waals surface area contributed by atoms with E-state index in [1.54, 1.807) is 13.0 Å². The average molecular weight is 310 g/mol. The molecule has 0 N–H and O–H groups in total. The van der Waals surface area contributed by atoms with Gasteiger partial charge in [0, 0.05) is 14.7 Å². The lowest BCUT2D eigenvalue weighted by atomic mass is 10.0. The van der Waals surface area contributed by atoms with Gasteiger partial charge in [-0.25, -0.2) is 8.78 Å². The first-order valence-electron chi connectivity index (χ1n) is 4.02. The van der Waals surface area contributed by atoms with Crippen LogP contribution in [-0.2, 0) is 0 Å². The molecule has 0 atom stereocenters. The van der Waals surface area contributed by atoms with Gasteiger partial charge >= 0.3 is 0 Å². The quantitative estimate of drug-likeness (QED) is 0.601. The topological polar surface area (TPSA) is 17.1 Å². The van der Waals surface area contributed by atoms with Crippen LogP contribution in [0.25, 0.3) is 0 Å². The summed E-state index contributed by atoms with van der Waals surface area (Å²) in [4.78, 5) is 11.0. The van der Waals surface area contributed by atoms with E-state index in [9.17, 15) is 13.6 Å². The van der Waals surface area contributed by atoms with Gasteiger partial charge in [0.15, 0.2) is 5.78 Å². The fourth-order valence-corrected chi connectivity index (χ4v) is 1.78. The van der Waals surface area contributed by atoms with Crippen LogP contribution in [-0.4, -0.2) is 5.78 Å². The van der Waals surface area contributed by atoms with Crippen molar-refractivity contribution in [2.45, 2.75) is 20.3 Å². The van der Waals surface area contributed by atoms with Crippen LogP contribution < -0.4 is 0 Å².